The SMILES string of the molecule is Cc1cc(Nc2nc(NC3C[C@H]4CCC[C@@H](C3)N4CCC#N)nc3cc(-c4cnn(C)c4)ccc23)n[nH]1. The Balaban J connectivity index is 1.32. The van der Waals surface area contributed by atoms with Crippen LogP contribution in [0.4, 0.5) is 17.6 Å². The van der Waals surface area contributed by atoms with Crippen molar-refractivity contribution in [1.29, 1.82) is 5.26 Å². The van der Waals surface area contributed by atoms with E-state index in [1.54, 1.807) is 4.68 Å². The Morgan fingerprint density at radius 2 is 1.97 bits per heavy atom. The number of aromatic nitrogens is 6. The fraction of sp³-hybridized carbons (Fsp3) is 0.444. The normalized spacial score (nSPS) is 21.6. The first-order valence-corrected chi connectivity index (χ1v) is 13.0. The number of fused-ring (bicyclic) bond motifs is 3. The van der Waals surface area contributed by atoms with Gasteiger partial charge in [-0.25, -0.2) is 4.98 Å². The molecular formula is C27H32N10. The molecule has 2 fully saturated rings. The summed E-state index contributed by atoms with van der Waals surface area (Å²) in [6, 6.07) is 11.8. The van der Waals surface area contributed by atoms with Gasteiger partial charge in [-0.15, -0.1) is 0 Å². The van der Waals surface area contributed by atoms with Crippen LogP contribution < -0.4 is 10.6 Å². The minimum atomic E-state index is 0.299. The van der Waals surface area contributed by atoms with E-state index in [0.29, 0.717) is 30.5 Å². The van der Waals surface area contributed by atoms with E-state index in [1.165, 1.54) is 19.3 Å². The van der Waals surface area contributed by atoms with Crippen molar-refractivity contribution in [3.8, 4) is 17.2 Å². The Morgan fingerprint density at radius 3 is 2.68 bits per heavy atom. The zero-order valence-electron chi connectivity index (χ0n) is 21.3. The maximum atomic E-state index is 9.10. The van der Waals surface area contributed by atoms with Crippen LogP contribution in [-0.4, -0.2) is 59.5 Å². The summed E-state index contributed by atoms with van der Waals surface area (Å²) in [5.74, 6) is 2.07. The summed E-state index contributed by atoms with van der Waals surface area (Å²) >= 11 is 0. The van der Waals surface area contributed by atoms with Crippen LogP contribution in [0.5, 0.6) is 0 Å². The van der Waals surface area contributed by atoms with E-state index in [4.69, 9.17) is 15.2 Å². The minimum absolute atomic E-state index is 0.299. The molecule has 0 aliphatic carbocycles. The lowest BCUT2D eigenvalue weighted by molar-refractivity contribution is 0.0369. The Bertz CT molecular complexity index is 1430. The summed E-state index contributed by atoms with van der Waals surface area (Å²) in [5.41, 5.74) is 3.95. The van der Waals surface area contributed by atoms with Gasteiger partial charge in [0.15, 0.2) is 5.82 Å². The highest BCUT2D eigenvalue weighted by molar-refractivity contribution is 5.94. The molecule has 5 heterocycles. The fourth-order valence-electron chi connectivity index (χ4n) is 5.97. The molecule has 2 aliphatic heterocycles. The van der Waals surface area contributed by atoms with E-state index in [9.17, 15) is 0 Å². The molecule has 190 valence electrons. The topological polar surface area (TPSA) is 123 Å². The second-order valence-electron chi connectivity index (χ2n) is 10.3. The molecule has 3 atom stereocenters. The van der Waals surface area contributed by atoms with Gasteiger partial charge in [-0.2, -0.15) is 20.4 Å². The Labute approximate surface area is 216 Å². The summed E-state index contributed by atoms with van der Waals surface area (Å²) in [5, 5.41) is 28.7. The zero-order valence-corrected chi connectivity index (χ0v) is 21.3. The van der Waals surface area contributed by atoms with Crippen molar-refractivity contribution >= 4 is 28.5 Å². The summed E-state index contributed by atoms with van der Waals surface area (Å²) < 4.78 is 1.80. The second-order valence-corrected chi connectivity index (χ2v) is 10.3. The van der Waals surface area contributed by atoms with Gasteiger partial charge in [0, 0.05) is 67.0 Å². The number of nitrogens with one attached hydrogen (secondary N) is 3. The van der Waals surface area contributed by atoms with Crippen molar-refractivity contribution in [2.75, 3.05) is 17.2 Å². The highest BCUT2D eigenvalue weighted by Crippen LogP contribution is 2.36. The number of aromatic amines is 1. The van der Waals surface area contributed by atoms with Gasteiger partial charge in [-0.1, -0.05) is 12.5 Å². The predicted octanol–water partition coefficient (Wildman–Crippen LogP) is 4.52. The molecule has 10 heteroatoms. The number of nitrogens with zero attached hydrogens (tertiary/aromatic N) is 7. The van der Waals surface area contributed by atoms with Crippen LogP contribution in [0.25, 0.3) is 22.0 Å². The molecule has 4 aromatic rings. The third kappa shape index (κ3) is 4.87. The number of hydrogen-bond donors (Lipinski definition) is 3. The van der Waals surface area contributed by atoms with Crippen LogP contribution in [0.15, 0.2) is 36.7 Å². The van der Waals surface area contributed by atoms with Crippen molar-refractivity contribution < 1.29 is 0 Å². The van der Waals surface area contributed by atoms with Gasteiger partial charge in [0.2, 0.25) is 5.95 Å². The van der Waals surface area contributed by atoms with E-state index >= 15 is 0 Å². The summed E-state index contributed by atoms with van der Waals surface area (Å²) in [4.78, 5) is 12.4. The van der Waals surface area contributed by atoms with E-state index in [1.807, 2.05) is 32.4 Å². The van der Waals surface area contributed by atoms with Crippen LogP contribution in [0.2, 0.25) is 0 Å². The van der Waals surface area contributed by atoms with Crippen molar-refractivity contribution in [2.45, 2.75) is 63.6 Å². The largest absolute Gasteiger partial charge is 0.351 e. The summed E-state index contributed by atoms with van der Waals surface area (Å²) in [6.07, 6.45) is 10.2. The Hall–Kier alpha value is -3.97. The first kappa shape index (κ1) is 23.4. The molecule has 2 saturated heterocycles. The average Bonchev–Trinajstić information content (AvgIpc) is 3.50. The third-order valence-corrected chi connectivity index (χ3v) is 7.63. The molecule has 2 aliphatic rings. The summed E-state index contributed by atoms with van der Waals surface area (Å²) in [6.45, 7) is 2.85. The van der Waals surface area contributed by atoms with Crippen LogP contribution in [0.1, 0.15) is 44.2 Å². The molecule has 0 saturated carbocycles. The Kier molecular flexibility index (Phi) is 6.22. The summed E-state index contributed by atoms with van der Waals surface area (Å²) in [7, 11) is 1.92. The van der Waals surface area contributed by atoms with Gasteiger partial charge >= 0.3 is 0 Å². The molecular weight excluding hydrogens is 464 g/mol. The molecule has 0 radical (unpaired) electrons. The van der Waals surface area contributed by atoms with Crippen molar-refractivity contribution in [3.63, 3.8) is 0 Å². The molecule has 0 spiro atoms. The van der Waals surface area contributed by atoms with Crippen LogP contribution >= 0.6 is 0 Å². The highest BCUT2D eigenvalue weighted by atomic mass is 15.3. The van der Waals surface area contributed by atoms with E-state index in [2.05, 4.69) is 55.1 Å². The lowest BCUT2D eigenvalue weighted by Gasteiger charge is -2.48. The number of aryl methyl sites for hydroxylation is 2. The monoisotopic (exact) mass is 496 g/mol. The van der Waals surface area contributed by atoms with E-state index in [0.717, 1.165) is 58.7 Å². The number of H-pyrrole nitrogens is 1. The number of rotatable bonds is 7. The number of anilines is 3. The van der Waals surface area contributed by atoms with Crippen molar-refractivity contribution in [2.24, 2.45) is 7.05 Å². The molecule has 0 amide bonds. The molecule has 10 nitrogen and oxygen atoms in total. The fourth-order valence-corrected chi connectivity index (χ4v) is 5.97. The molecule has 1 unspecified atom stereocenters. The molecule has 2 bridgehead atoms. The predicted molar refractivity (Wildman–Crippen MR) is 143 cm³/mol. The molecule has 3 aromatic heterocycles. The molecule has 1 aromatic carbocycles. The van der Waals surface area contributed by atoms with Crippen LogP contribution in [-0.2, 0) is 7.05 Å². The number of hydrogen-bond acceptors (Lipinski definition) is 8. The molecule has 3 N–H and O–H groups in total. The van der Waals surface area contributed by atoms with Crippen LogP contribution in [0.3, 0.4) is 0 Å². The number of piperidine rings is 2. The maximum Gasteiger partial charge on any atom is 0.225 e. The van der Waals surface area contributed by atoms with E-state index in [-0.39, 0.29) is 0 Å². The molecule has 37 heavy (non-hydrogen) atoms. The Morgan fingerprint density at radius 1 is 1.14 bits per heavy atom. The lowest BCUT2D eigenvalue weighted by Crippen LogP contribution is -2.55. The first-order valence-electron chi connectivity index (χ1n) is 13.0. The molecule has 6 rings (SSSR count). The number of nitriles is 1. The highest BCUT2D eigenvalue weighted by Gasteiger charge is 2.38. The maximum absolute atomic E-state index is 9.10. The van der Waals surface area contributed by atoms with E-state index < -0.39 is 0 Å². The van der Waals surface area contributed by atoms with Crippen molar-refractivity contribution in [1.82, 2.24) is 34.8 Å². The van der Waals surface area contributed by atoms with Gasteiger partial charge < -0.3 is 10.6 Å². The average molecular weight is 497 g/mol. The van der Waals surface area contributed by atoms with Crippen LogP contribution in [0, 0.1) is 18.3 Å². The van der Waals surface area contributed by atoms with Gasteiger partial charge in [-0.3, -0.25) is 14.7 Å². The van der Waals surface area contributed by atoms with Crippen molar-refractivity contribution in [3.05, 3.63) is 42.4 Å². The first-order chi connectivity index (χ1) is 18.1. The van der Waals surface area contributed by atoms with Gasteiger partial charge in [-0.05, 0) is 50.3 Å². The van der Waals surface area contributed by atoms with Gasteiger partial charge in [0.1, 0.15) is 5.82 Å². The second kappa shape index (κ2) is 9.82. The minimum Gasteiger partial charge on any atom is -0.351 e. The van der Waals surface area contributed by atoms with Gasteiger partial charge in [0.25, 0.3) is 0 Å². The number of benzene rings is 1. The zero-order chi connectivity index (χ0) is 25.4. The lowest BCUT2D eigenvalue weighted by atomic mass is 9.81. The third-order valence-electron chi connectivity index (χ3n) is 7.63. The standard InChI is InChI=1S/C27H32N10/c1-17-11-25(35-34-17)32-26-23-8-7-18(19-15-29-36(2)16-19)12-24(23)31-27(33-26)30-20-13-21-5-3-6-22(14-20)37(21)10-4-9-28/h7-8,11-12,15-16,20-22H,3-6,10,13-14H2,1-2H3,(H3,30,31,32,33,34,35)/t20?,21-,22+. The van der Waals surface area contributed by atoms with Gasteiger partial charge in [0.05, 0.1) is 17.8 Å². The quantitative estimate of drug-likeness (QED) is 0.341. The smallest absolute Gasteiger partial charge is 0.225 e.